The predicted octanol–water partition coefficient (Wildman–Crippen LogP) is 2.79. The Balaban J connectivity index is 1.63. The first-order chi connectivity index (χ1) is 12.6. The third kappa shape index (κ3) is 3.93. The van der Waals surface area contributed by atoms with Gasteiger partial charge in [0.2, 0.25) is 0 Å². The lowest BCUT2D eigenvalue weighted by Crippen LogP contribution is -2.23. The largest absolute Gasteiger partial charge is 0.493 e. The fraction of sp³-hybridized carbons (Fsp3) is 0.263. The third-order valence-electron chi connectivity index (χ3n) is 4.05. The number of benzene rings is 2. The van der Waals surface area contributed by atoms with Crippen molar-refractivity contribution in [2.24, 2.45) is 5.10 Å². The average molecular weight is 357 g/mol. The molecule has 0 aromatic heterocycles. The standard InChI is InChI=1S/C19H20FN3O3/c1-25-16-7-6-13(10-17(16)26-2)12-21-18-8-9-23(22-18)19(24)14-4-3-5-15(20)11-14/h3-7,10-11H,8-9,12H2,1-2H3,(H,21,22). The number of halogens is 1. The maximum Gasteiger partial charge on any atom is 0.274 e. The van der Waals surface area contributed by atoms with E-state index < -0.39 is 5.82 Å². The van der Waals surface area contributed by atoms with Gasteiger partial charge in [-0.1, -0.05) is 12.1 Å². The average Bonchev–Trinajstić information content (AvgIpc) is 3.14. The molecule has 3 rings (SSSR count). The van der Waals surface area contributed by atoms with Crippen molar-refractivity contribution in [3.05, 3.63) is 59.4 Å². The zero-order valence-corrected chi connectivity index (χ0v) is 14.7. The number of amidine groups is 1. The second kappa shape index (κ2) is 7.86. The van der Waals surface area contributed by atoms with Crippen LogP contribution in [-0.4, -0.2) is 37.5 Å². The van der Waals surface area contributed by atoms with Gasteiger partial charge in [0, 0.05) is 18.5 Å². The number of nitrogens with zero attached hydrogens (tertiary/aromatic N) is 2. The number of hydrogen-bond donors (Lipinski definition) is 1. The Hall–Kier alpha value is -3.09. The lowest BCUT2D eigenvalue weighted by molar-refractivity contribution is 0.0777. The number of methoxy groups -OCH3 is 2. The van der Waals surface area contributed by atoms with Crippen molar-refractivity contribution in [2.45, 2.75) is 13.0 Å². The van der Waals surface area contributed by atoms with Gasteiger partial charge in [0.25, 0.3) is 5.91 Å². The molecule has 0 bridgehead atoms. The lowest BCUT2D eigenvalue weighted by atomic mass is 10.2. The van der Waals surface area contributed by atoms with E-state index in [2.05, 4.69) is 10.4 Å². The second-order valence-electron chi connectivity index (χ2n) is 5.78. The van der Waals surface area contributed by atoms with Gasteiger partial charge >= 0.3 is 0 Å². The van der Waals surface area contributed by atoms with Crippen molar-refractivity contribution in [1.29, 1.82) is 0 Å². The van der Waals surface area contributed by atoms with E-state index >= 15 is 0 Å². The summed E-state index contributed by atoms with van der Waals surface area (Å²) in [4.78, 5) is 12.4. The van der Waals surface area contributed by atoms with Crippen LogP contribution >= 0.6 is 0 Å². The van der Waals surface area contributed by atoms with Crippen LogP contribution < -0.4 is 14.8 Å². The molecule has 6 nitrogen and oxygen atoms in total. The molecule has 26 heavy (non-hydrogen) atoms. The number of amides is 1. The molecule has 1 aliphatic rings. The van der Waals surface area contributed by atoms with Crippen molar-refractivity contribution < 1.29 is 18.7 Å². The molecule has 1 heterocycles. The van der Waals surface area contributed by atoms with E-state index in [1.165, 1.54) is 23.2 Å². The first-order valence-electron chi connectivity index (χ1n) is 8.20. The van der Waals surface area contributed by atoms with Crippen LogP contribution in [0.5, 0.6) is 11.5 Å². The highest BCUT2D eigenvalue weighted by atomic mass is 19.1. The van der Waals surface area contributed by atoms with Gasteiger partial charge < -0.3 is 14.8 Å². The monoisotopic (exact) mass is 357 g/mol. The normalized spacial score (nSPS) is 13.3. The smallest absolute Gasteiger partial charge is 0.274 e. The van der Waals surface area contributed by atoms with Crippen LogP contribution in [0.4, 0.5) is 4.39 Å². The first-order valence-corrected chi connectivity index (χ1v) is 8.20. The van der Waals surface area contributed by atoms with E-state index in [0.717, 1.165) is 5.56 Å². The van der Waals surface area contributed by atoms with Crippen LogP contribution in [0, 0.1) is 5.82 Å². The Labute approximate surface area is 151 Å². The van der Waals surface area contributed by atoms with Crippen LogP contribution in [0.3, 0.4) is 0 Å². The van der Waals surface area contributed by atoms with E-state index in [1.807, 2.05) is 18.2 Å². The summed E-state index contributed by atoms with van der Waals surface area (Å²) in [6.45, 7) is 1.00. The lowest BCUT2D eigenvalue weighted by Gasteiger charge is -2.11. The zero-order valence-electron chi connectivity index (χ0n) is 14.7. The molecule has 1 N–H and O–H groups in total. The highest BCUT2D eigenvalue weighted by Gasteiger charge is 2.22. The van der Waals surface area contributed by atoms with Crippen LogP contribution in [0.25, 0.3) is 0 Å². The molecule has 2 aromatic carbocycles. The Morgan fingerprint density at radius 2 is 2.00 bits per heavy atom. The number of carbonyl (C=O) groups is 1. The summed E-state index contributed by atoms with van der Waals surface area (Å²) < 4.78 is 23.8. The molecule has 0 saturated carbocycles. The molecule has 136 valence electrons. The number of hydrazone groups is 1. The quantitative estimate of drug-likeness (QED) is 0.894. The summed E-state index contributed by atoms with van der Waals surface area (Å²) in [7, 11) is 3.18. The molecule has 1 aliphatic heterocycles. The highest BCUT2D eigenvalue weighted by Crippen LogP contribution is 2.27. The number of rotatable bonds is 5. The molecular formula is C19H20FN3O3. The van der Waals surface area contributed by atoms with Gasteiger partial charge in [-0.05, 0) is 35.9 Å². The topological polar surface area (TPSA) is 63.2 Å². The fourth-order valence-corrected chi connectivity index (χ4v) is 2.69. The van der Waals surface area contributed by atoms with E-state index in [1.54, 1.807) is 20.3 Å². The minimum absolute atomic E-state index is 0.287. The maximum atomic E-state index is 13.3. The maximum absolute atomic E-state index is 13.3. The molecule has 0 aliphatic carbocycles. The summed E-state index contributed by atoms with van der Waals surface area (Å²) in [5.41, 5.74) is 1.29. The molecule has 0 saturated heterocycles. The van der Waals surface area contributed by atoms with Gasteiger partial charge in [0.1, 0.15) is 11.7 Å². The summed E-state index contributed by atoms with van der Waals surface area (Å²) in [6, 6.07) is 11.3. The Bertz CT molecular complexity index is 839. The van der Waals surface area contributed by atoms with Crippen molar-refractivity contribution in [2.75, 3.05) is 20.8 Å². The first kappa shape index (κ1) is 17.7. The Morgan fingerprint density at radius 1 is 1.19 bits per heavy atom. The summed E-state index contributed by atoms with van der Waals surface area (Å²) >= 11 is 0. The van der Waals surface area contributed by atoms with Crippen molar-refractivity contribution in [3.63, 3.8) is 0 Å². The molecular weight excluding hydrogens is 337 g/mol. The molecule has 0 spiro atoms. The number of nitrogens with one attached hydrogen (secondary N) is 1. The minimum Gasteiger partial charge on any atom is -0.493 e. The number of hydrogen-bond acceptors (Lipinski definition) is 5. The van der Waals surface area contributed by atoms with E-state index in [4.69, 9.17) is 9.47 Å². The van der Waals surface area contributed by atoms with Crippen LogP contribution in [0.1, 0.15) is 22.3 Å². The van der Waals surface area contributed by atoms with Gasteiger partial charge in [0.05, 0.1) is 20.8 Å². The summed E-state index contributed by atoms with van der Waals surface area (Å²) in [6.07, 6.45) is 0.619. The van der Waals surface area contributed by atoms with Gasteiger partial charge in [-0.3, -0.25) is 4.79 Å². The number of ether oxygens (including phenoxy) is 2. The zero-order chi connectivity index (χ0) is 18.5. The molecule has 0 fully saturated rings. The SMILES string of the molecule is COc1ccc(CNC2=NN(C(=O)c3cccc(F)c3)CC2)cc1OC. The van der Waals surface area contributed by atoms with Crippen molar-refractivity contribution >= 4 is 11.7 Å². The van der Waals surface area contributed by atoms with E-state index in [-0.39, 0.29) is 11.5 Å². The second-order valence-corrected chi connectivity index (χ2v) is 5.78. The Kier molecular flexibility index (Phi) is 5.36. The van der Waals surface area contributed by atoms with Gasteiger partial charge in [-0.15, -0.1) is 0 Å². The van der Waals surface area contributed by atoms with E-state index in [0.29, 0.717) is 36.8 Å². The van der Waals surface area contributed by atoms with Gasteiger partial charge in [-0.25, -0.2) is 9.40 Å². The van der Waals surface area contributed by atoms with Crippen molar-refractivity contribution in [3.8, 4) is 11.5 Å². The third-order valence-corrected chi connectivity index (χ3v) is 4.05. The summed E-state index contributed by atoms with van der Waals surface area (Å²) in [5.74, 6) is 1.28. The highest BCUT2D eigenvalue weighted by molar-refractivity contribution is 5.96. The van der Waals surface area contributed by atoms with Gasteiger partial charge in [-0.2, -0.15) is 5.10 Å². The molecule has 0 unspecified atom stereocenters. The van der Waals surface area contributed by atoms with Crippen molar-refractivity contribution in [1.82, 2.24) is 10.3 Å². The summed E-state index contributed by atoms with van der Waals surface area (Å²) in [5, 5.41) is 8.87. The molecule has 7 heteroatoms. The van der Waals surface area contributed by atoms with Crippen LogP contribution in [-0.2, 0) is 6.54 Å². The van der Waals surface area contributed by atoms with E-state index in [9.17, 15) is 9.18 Å². The molecule has 1 amide bonds. The number of carbonyl (C=O) groups excluding carboxylic acids is 1. The van der Waals surface area contributed by atoms with Crippen LogP contribution in [0.15, 0.2) is 47.6 Å². The molecule has 2 aromatic rings. The Morgan fingerprint density at radius 3 is 2.73 bits per heavy atom. The van der Waals surface area contributed by atoms with Crippen LogP contribution in [0.2, 0.25) is 0 Å². The minimum atomic E-state index is -0.439. The fourth-order valence-electron chi connectivity index (χ4n) is 2.69. The molecule has 0 radical (unpaired) electrons. The molecule has 0 atom stereocenters. The van der Waals surface area contributed by atoms with Gasteiger partial charge in [0.15, 0.2) is 11.5 Å². The predicted molar refractivity (Wildman–Crippen MR) is 95.9 cm³/mol.